The number of hydrogen-bond donors (Lipinski definition) is 0. The molecule has 1 heterocycles. The molecule has 2 aromatic carbocycles. The van der Waals surface area contributed by atoms with Gasteiger partial charge < -0.3 is 14.5 Å². The van der Waals surface area contributed by atoms with E-state index in [9.17, 15) is 9.18 Å². The first kappa shape index (κ1) is 20.8. The highest BCUT2D eigenvalue weighted by Crippen LogP contribution is 2.21. The van der Waals surface area contributed by atoms with Crippen molar-refractivity contribution in [3.63, 3.8) is 0 Å². The van der Waals surface area contributed by atoms with Crippen molar-refractivity contribution in [3.05, 3.63) is 65.5 Å². The van der Waals surface area contributed by atoms with Crippen molar-refractivity contribution in [2.75, 3.05) is 13.7 Å². The molecule has 0 aromatic heterocycles. The van der Waals surface area contributed by atoms with Crippen LogP contribution in [0.2, 0.25) is 0 Å². The van der Waals surface area contributed by atoms with Gasteiger partial charge >= 0.3 is 0 Å². The van der Waals surface area contributed by atoms with Gasteiger partial charge in [-0.25, -0.2) is 4.39 Å². The topological polar surface area (TPSA) is 51.1 Å². The molecule has 1 atom stereocenters. The summed E-state index contributed by atoms with van der Waals surface area (Å²) < 4.78 is 19.3. The molecule has 0 aliphatic carbocycles. The average molecular weight is 398 g/mol. The molecule has 0 saturated heterocycles. The van der Waals surface area contributed by atoms with Crippen LogP contribution in [0.15, 0.2) is 53.7 Å². The van der Waals surface area contributed by atoms with Gasteiger partial charge in [0.2, 0.25) is 5.91 Å². The lowest BCUT2D eigenvalue weighted by molar-refractivity contribution is -0.134. The Bertz CT molecular complexity index is 865. The van der Waals surface area contributed by atoms with Crippen LogP contribution in [0.1, 0.15) is 37.8 Å². The lowest BCUT2D eigenvalue weighted by atomic mass is 10.0. The van der Waals surface area contributed by atoms with Crippen LogP contribution < -0.4 is 4.74 Å². The molecule has 0 unspecified atom stereocenters. The summed E-state index contributed by atoms with van der Waals surface area (Å²) in [5.41, 5.74) is 2.29. The highest BCUT2D eigenvalue weighted by molar-refractivity contribution is 6.01. The molecule has 1 aliphatic rings. The van der Waals surface area contributed by atoms with E-state index in [-0.39, 0.29) is 30.3 Å². The second-order valence-corrected chi connectivity index (χ2v) is 7.66. The molecule has 0 spiro atoms. The molecule has 6 heteroatoms. The normalized spacial score (nSPS) is 15.8. The summed E-state index contributed by atoms with van der Waals surface area (Å²) >= 11 is 0. The van der Waals surface area contributed by atoms with Crippen molar-refractivity contribution in [2.45, 2.75) is 39.3 Å². The zero-order valence-corrected chi connectivity index (χ0v) is 17.1. The number of amides is 1. The van der Waals surface area contributed by atoms with Crippen LogP contribution >= 0.6 is 0 Å². The van der Waals surface area contributed by atoms with Gasteiger partial charge in [0.1, 0.15) is 11.6 Å². The fourth-order valence-corrected chi connectivity index (χ4v) is 3.29. The number of carbonyl (C=O) groups is 1. The molecule has 0 fully saturated rings. The minimum atomic E-state index is -0.308. The second kappa shape index (κ2) is 9.54. The van der Waals surface area contributed by atoms with Crippen LogP contribution in [-0.4, -0.2) is 36.3 Å². The van der Waals surface area contributed by atoms with Crippen LogP contribution in [0.3, 0.4) is 0 Å². The Morgan fingerprint density at radius 1 is 1.24 bits per heavy atom. The molecule has 29 heavy (non-hydrogen) atoms. The number of halogens is 1. The maximum Gasteiger partial charge on any atom is 0.223 e. The Morgan fingerprint density at radius 2 is 1.97 bits per heavy atom. The molecular weight excluding hydrogens is 371 g/mol. The van der Waals surface area contributed by atoms with Crippen molar-refractivity contribution >= 4 is 11.6 Å². The minimum absolute atomic E-state index is 0.00949. The maximum atomic E-state index is 14.1. The van der Waals surface area contributed by atoms with Crippen LogP contribution in [0.5, 0.6) is 5.75 Å². The number of oxime groups is 1. The summed E-state index contributed by atoms with van der Waals surface area (Å²) in [6.07, 6.45) is 0.748. The van der Waals surface area contributed by atoms with Gasteiger partial charge in [-0.1, -0.05) is 37.2 Å². The first-order valence-electron chi connectivity index (χ1n) is 9.84. The van der Waals surface area contributed by atoms with E-state index in [1.54, 1.807) is 30.2 Å². The summed E-state index contributed by atoms with van der Waals surface area (Å²) in [4.78, 5) is 20.1. The molecule has 1 aliphatic heterocycles. The van der Waals surface area contributed by atoms with E-state index < -0.39 is 0 Å². The van der Waals surface area contributed by atoms with Gasteiger partial charge in [-0.15, -0.1) is 0 Å². The smallest absolute Gasteiger partial charge is 0.223 e. The summed E-state index contributed by atoms with van der Waals surface area (Å²) in [5, 5.41) is 4.20. The van der Waals surface area contributed by atoms with Crippen LogP contribution in [0, 0.1) is 11.7 Å². The third-order valence-electron chi connectivity index (χ3n) is 4.83. The summed E-state index contributed by atoms with van der Waals surface area (Å²) in [6, 6.07) is 14.2. The maximum absolute atomic E-state index is 14.1. The van der Waals surface area contributed by atoms with E-state index in [0.29, 0.717) is 24.9 Å². The standard InChI is InChI=1S/C23H27FN2O3/c1-16(2)12-23(27)26(14-18-6-4-5-7-21(18)24)15-20-13-22(25-29-20)17-8-10-19(28-3)11-9-17/h4-11,16,20H,12-15H2,1-3H3/t20-/m0/s1. The Morgan fingerprint density at radius 3 is 2.62 bits per heavy atom. The highest BCUT2D eigenvalue weighted by atomic mass is 19.1. The molecular formula is C23H27FN2O3. The molecule has 2 aromatic rings. The van der Waals surface area contributed by atoms with E-state index >= 15 is 0 Å². The Balaban J connectivity index is 1.67. The average Bonchev–Trinajstić information content (AvgIpc) is 3.17. The Labute approximate surface area is 171 Å². The largest absolute Gasteiger partial charge is 0.497 e. The number of hydrogen-bond acceptors (Lipinski definition) is 4. The predicted octanol–water partition coefficient (Wildman–Crippen LogP) is 4.40. The minimum Gasteiger partial charge on any atom is -0.497 e. The van der Waals surface area contributed by atoms with Gasteiger partial charge in [-0.2, -0.15) is 0 Å². The van der Waals surface area contributed by atoms with Crippen molar-refractivity contribution in [2.24, 2.45) is 11.1 Å². The first-order chi connectivity index (χ1) is 14.0. The van der Waals surface area contributed by atoms with Crippen molar-refractivity contribution < 1.29 is 18.8 Å². The van der Waals surface area contributed by atoms with E-state index in [2.05, 4.69) is 5.16 Å². The number of benzene rings is 2. The molecule has 0 radical (unpaired) electrons. The number of methoxy groups -OCH3 is 1. The number of rotatable bonds is 8. The molecule has 0 saturated carbocycles. The zero-order valence-electron chi connectivity index (χ0n) is 17.1. The SMILES string of the molecule is COc1ccc(C2=NO[C@H](CN(Cc3ccccc3F)C(=O)CC(C)C)C2)cc1. The fourth-order valence-electron chi connectivity index (χ4n) is 3.29. The van der Waals surface area contributed by atoms with Gasteiger partial charge in [0.05, 0.1) is 19.4 Å². The summed E-state index contributed by atoms with van der Waals surface area (Å²) in [5.74, 6) is 0.684. The fraction of sp³-hybridized carbons (Fsp3) is 0.391. The molecule has 154 valence electrons. The Hall–Kier alpha value is -2.89. The van der Waals surface area contributed by atoms with Crippen LogP contribution in [-0.2, 0) is 16.2 Å². The van der Waals surface area contributed by atoms with Crippen LogP contribution in [0.25, 0.3) is 0 Å². The summed E-state index contributed by atoms with van der Waals surface area (Å²) in [7, 11) is 1.62. The van der Waals surface area contributed by atoms with E-state index in [1.165, 1.54) is 6.07 Å². The van der Waals surface area contributed by atoms with Gasteiger partial charge in [0.25, 0.3) is 0 Å². The second-order valence-electron chi connectivity index (χ2n) is 7.66. The van der Waals surface area contributed by atoms with Gasteiger partial charge in [-0.05, 0) is 41.8 Å². The summed E-state index contributed by atoms with van der Waals surface area (Å²) in [6.45, 7) is 4.57. The third kappa shape index (κ3) is 5.56. The molecule has 1 amide bonds. The van der Waals surface area contributed by atoms with E-state index in [1.807, 2.05) is 38.1 Å². The monoisotopic (exact) mass is 398 g/mol. The number of ether oxygens (including phenoxy) is 1. The van der Waals surface area contributed by atoms with Crippen molar-refractivity contribution in [1.29, 1.82) is 0 Å². The van der Waals surface area contributed by atoms with Crippen LogP contribution in [0.4, 0.5) is 4.39 Å². The van der Waals surface area contributed by atoms with Crippen molar-refractivity contribution in [1.82, 2.24) is 4.90 Å². The van der Waals surface area contributed by atoms with Crippen molar-refractivity contribution in [3.8, 4) is 5.75 Å². The molecule has 0 bridgehead atoms. The highest BCUT2D eigenvalue weighted by Gasteiger charge is 2.27. The quantitative estimate of drug-likeness (QED) is 0.662. The first-order valence-corrected chi connectivity index (χ1v) is 9.84. The molecule has 5 nitrogen and oxygen atoms in total. The third-order valence-corrected chi connectivity index (χ3v) is 4.83. The van der Waals surface area contributed by atoms with Gasteiger partial charge in [-0.3, -0.25) is 4.79 Å². The lowest BCUT2D eigenvalue weighted by Gasteiger charge is -2.26. The van der Waals surface area contributed by atoms with Gasteiger partial charge in [0.15, 0.2) is 6.10 Å². The number of carbonyl (C=O) groups excluding carboxylic acids is 1. The zero-order chi connectivity index (χ0) is 20.8. The molecule has 0 N–H and O–H groups in total. The van der Waals surface area contributed by atoms with Gasteiger partial charge in [0, 0.05) is 24.9 Å². The predicted molar refractivity (Wildman–Crippen MR) is 110 cm³/mol. The lowest BCUT2D eigenvalue weighted by Crippen LogP contribution is -2.38. The number of nitrogens with zero attached hydrogens (tertiary/aromatic N) is 2. The van der Waals surface area contributed by atoms with E-state index in [0.717, 1.165) is 17.0 Å². The molecule has 3 rings (SSSR count). The Kier molecular flexibility index (Phi) is 6.86. The van der Waals surface area contributed by atoms with E-state index in [4.69, 9.17) is 9.57 Å².